The Hall–Kier alpha value is -2.39. The number of methoxy groups -OCH3 is 1. The fourth-order valence-corrected chi connectivity index (χ4v) is 6.43. The van der Waals surface area contributed by atoms with E-state index in [0.29, 0.717) is 71.2 Å². The molecule has 0 radical (unpaired) electrons. The van der Waals surface area contributed by atoms with E-state index in [0.717, 1.165) is 11.3 Å². The van der Waals surface area contributed by atoms with Crippen molar-refractivity contribution in [1.29, 1.82) is 0 Å². The Morgan fingerprint density at radius 1 is 1.19 bits per heavy atom. The number of aryl methyl sites for hydroxylation is 2. The van der Waals surface area contributed by atoms with E-state index in [9.17, 15) is 19.5 Å². The Morgan fingerprint density at radius 2 is 1.86 bits per heavy atom. The number of hydrogen-bond acceptors (Lipinski definition) is 5. The number of aromatic nitrogens is 1. The fourth-order valence-electron chi connectivity index (χ4n) is 5.69. The number of carbonyl (C=O) groups excluding carboxylic acids is 2. The third kappa shape index (κ3) is 5.04. The summed E-state index contributed by atoms with van der Waals surface area (Å²) in [5, 5.41) is 9.96. The van der Waals surface area contributed by atoms with Crippen molar-refractivity contribution in [3.05, 3.63) is 66.0 Å². The first kappa shape index (κ1) is 27.6. The van der Waals surface area contributed by atoms with Crippen LogP contribution in [0, 0.1) is 19.8 Å². The Morgan fingerprint density at radius 3 is 2.46 bits per heavy atom. The lowest BCUT2D eigenvalue weighted by atomic mass is 9.76. The number of halogens is 2. The fraction of sp³-hybridized carbons (Fsp3) is 0.519. The summed E-state index contributed by atoms with van der Waals surface area (Å²) in [6.07, 6.45) is 1.82. The number of aliphatic hydroxyl groups is 1. The second-order valence-electron chi connectivity index (χ2n) is 10.1. The Kier molecular flexibility index (Phi) is 8.04. The number of nitrogens with one attached hydrogen (secondary N) is 1. The highest BCUT2D eigenvalue weighted by atomic mass is 35.5. The molecule has 2 aliphatic rings. The number of fused-ring (bicyclic) bond motifs is 1. The number of aliphatic hydroxyl groups excluding tert-OH is 1. The molecule has 1 aromatic heterocycles. The number of rotatable bonds is 6. The predicted molar refractivity (Wildman–Crippen MR) is 142 cm³/mol. The highest BCUT2D eigenvalue weighted by Crippen LogP contribution is 2.46. The van der Waals surface area contributed by atoms with Crippen molar-refractivity contribution >= 4 is 35.0 Å². The molecule has 2 N–H and O–H groups in total. The molecule has 8 nitrogen and oxygen atoms in total. The zero-order valence-corrected chi connectivity index (χ0v) is 23.1. The van der Waals surface area contributed by atoms with Crippen molar-refractivity contribution in [3.8, 4) is 0 Å². The molecule has 0 spiro atoms. The molecule has 200 valence electrons. The van der Waals surface area contributed by atoms with Crippen molar-refractivity contribution in [2.24, 2.45) is 5.92 Å². The smallest absolute Gasteiger partial charge is 0.256 e. The van der Waals surface area contributed by atoms with E-state index in [1.807, 2.05) is 26.8 Å². The molecular formula is C27H33Cl2N3O5. The summed E-state index contributed by atoms with van der Waals surface area (Å²) >= 11 is 13.7. The number of aromatic amines is 1. The minimum absolute atomic E-state index is 0.00965. The molecule has 2 amide bonds. The highest BCUT2D eigenvalue weighted by Gasteiger charge is 2.42. The lowest BCUT2D eigenvalue weighted by molar-refractivity contribution is -0.138. The zero-order chi connectivity index (χ0) is 27.1. The summed E-state index contributed by atoms with van der Waals surface area (Å²) in [4.78, 5) is 44.4. The number of ether oxygens (including phenoxy) is 1. The van der Waals surface area contributed by atoms with Gasteiger partial charge in [0.15, 0.2) is 0 Å². The molecule has 1 atom stereocenters. The van der Waals surface area contributed by atoms with Crippen molar-refractivity contribution in [1.82, 2.24) is 14.8 Å². The topological polar surface area (TPSA) is 103 Å². The van der Waals surface area contributed by atoms with Crippen LogP contribution in [0.1, 0.15) is 58.1 Å². The van der Waals surface area contributed by atoms with Crippen LogP contribution in [0.15, 0.2) is 16.9 Å². The van der Waals surface area contributed by atoms with Crippen LogP contribution >= 0.6 is 23.2 Å². The van der Waals surface area contributed by atoms with E-state index in [1.165, 1.54) is 0 Å². The van der Waals surface area contributed by atoms with E-state index < -0.39 is 12.2 Å². The molecule has 3 heterocycles. The molecule has 1 fully saturated rings. The van der Waals surface area contributed by atoms with E-state index in [-0.39, 0.29) is 29.8 Å². The number of hydrogen-bond donors (Lipinski definition) is 2. The second kappa shape index (κ2) is 10.8. The number of H-pyrrole nitrogens is 1. The molecule has 0 unspecified atom stereocenters. The van der Waals surface area contributed by atoms with Gasteiger partial charge in [0.1, 0.15) is 6.61 Å². The van der Waals surface area contributed by atoms with E-state index in [1.54, 1.807) is 23.0 Å². The standard InChI is InChI=1S/C27H33Cl2N3O5/c1-15-11-16(2)30-25(35)19(15)13-32-10-7-18-21(28)12-20(24(29)23(18)26(32)36)27(3,37-4)17-5-8-31(9-6-17)22(34)14-33/h11-12,17,33H,5-10,13-14H2,1-4H3,(H,30,35)/t27-/m1/s1. The average molecular weight is 550 g/mol. The predicted octanol–water partition coefficient (Wildman–Crippen LogP) is 3.59. The molecule has 0 aliphatic carbocycles. The van der Waals surface area contributed by atoms with Crippen molar-refractivity contribution in [2.45, 2.75) is 52.2 Å². The maximum Gasteiger partial charge on any atom is 0.256 e. The summed E-state index contributed by atoms with van der Waals surface area (Å²) < 4.78 is 6.05. The minimum atomic E-state index is -0.850. The van der Waals surface area contributed by atoms with Gasteiger partial charge in [-0.2, -0.15) is 0 Å². The van der Waals surface area contributed by atoms with Crippen LogP contribution in [-0.2, 0) is 28.1 Å². The van der Waals surface area contributed by atoms with Gasteiger partial charge >= 0.3 is 0 Å². The maximum atomic E-state index is 13.7. The largest absolute Gasteiger partial charge is 0.387 e. The monoisotopic (exact) mass is 549 g/mol. The van der Waals surface area contributed by atoms with E-state index >= 15 is 0 Å². The summed E-state index contributed by atoms with van der Waals surface area (Å²) in [6.45, 7) is 6.71. The van der Waals surface area contributed by atoms with Crippen LogP contribution in [0.2, 0.25) is 10.0 Å². The third-order valence-electron chi connectivity index (χ3n) is 8.01. The van der Waals surface area contributed by atoms with Crippen LogP contribution in [-0.4, -0.2) is 65.1 Å². The van der Waals surface area contributed by atoms with Crippen LogP contribution in [0.5, 0.6) is 0 Å². The average Bonchev–Trinajstić information content (AvgIpc) is 2.88. The van der Waals surface area contributed by atoms with Gasteiger partial charge in [-0.05, 0) is 69.2 Å². The van der Waals surface area contributed by atoms with Gasteiger partial charge in [-0.25, -0.2) is 0 Å². The van der Waals surface area contributed by atoms with Crippen LogP contribution in [0.4, 0.5) is 0 Å². The molecule has 0 bridgehead atoms. The minimum Gasteiger partial charge on any atom is -0.387 e. The maximum absolute atomic E-state index is 13.7. The van der Waals surface area contributed by atoms with Gasteiger partial charge in [0, 0.05) is 48.6 Å². The van der Waals surface area contributed by atoms with Gasteiger partial charge in [-0.3, -0.25) is 14.4 Å². The molecular weight excluding hydrogens is 517 g/mol. The Balaban J connectivity index is 1.68. The molecule has 10 heteroatoms. The number of piperidine rings is 1. The molecule has 4 rings (SSSR count). The molecule has 37 heavy (non-hydrogen) atoms. The molecule has 2 aromatic rings. The van der Waals surface area contributed by atoms with Gasteiger partial charge in [0.05, 0.1) is 22.7 Å². The number of benzene rings is 1. The molecule has 2 aliphatic heterocycles. The van der Waals surface area contributed by atoms with E-state index in [2.05, 4.69) is 4.98 Å². The summed E-state index contributed by atoms with van der Waals surface area (Å²) in [6, 6.07) is 3.69. The molecule has 0 saturated carbocycles. The van der Waals surface area contributed by atoms with Gasteiger partial charge < -0.3 is 24.6 Å². The highest BCUT2D eigenvalue weighted by molar-refractivity contribution is 6.37. The molecule has 1 saturated heterocycles. The van der Waals surface area contributed by atoms with Crippen LogP contribution in [0.3, 0.4) is 0 Å². The van der Waals surface area contributed by atoms with Crippen molar-refractivity contribution in [2.75, 3.05) is 33.4 Å². The molecule has 1 aromatic carbocycles. The first-order valence-electron chi connectivity index (χ1n) is 12.5. The quantitative estimate of drug-likeness (QED) is 0.573. The number of nitrogens with zero attached hydrogens (tertiary/aromatic N) is 2. The zero-order valence-electron chi connectivity index (χ0n) is 21.6. The van der Waals surface area contributed by atoms with E-state index in [4.69, 9.17) is 27.9 Å². The second-order valence-corrected chi connectivity index (χ2v) is 10.9. The van der Waals surface area contributed by atoms with Crippen molar-refractivity contribution < 1.29 is 19.4 Å². The summed E-state index contributed by atoms with van der Waals surface area (Å²) in [7, 11) is 1.61. The lowest BCUT2D eigenvalue weighted by Crippen LogP contribution is -2.46. The Labute approximate surface area is 226 Å². The van der Waals surface area contributed by atoms with Crippen molar-refractivity contribution in [3.63, 3.8) is 0 Å². The number of amides is 2. The first-order valence-corrected chi connectivity index (χ1v) is 13.2. The summed E-state index contributed by atoms with van der Waals surface area (Å²) in [5.74, 6) is -0.549. The number of likely N-dealkylation sites (tertiary alicyclic amines) is 1. The number of carbonyl (C=O) groups is 2. The Bertz CT molecular complexity index is 1290. The SMILES string of the molecule is CO[C@@](C)(c1cc(Cl)c2c(c1Cl)C(=O)N(Cc1c(C)cc(C)[nH]c1=O)CC2)C1CCN(C(=O)CO)CC1. The summed E-state index contributed by atoms with van der Waals surface area (Å²) in [5.41, 5.74) is 2.78. The van der Waals surface area contributed by atoms with Gasteiger partial charge in [0.2, 0.25) is 5.91 Å². The van der Waals surface area contributed by atoms with Crippen LogP contribution in [0.25, 0.3) is 0 Å². The first-order chi connectivity index (χ1) is 17.5. The normalized spacial score (nSPS) is 18.1. The van der Waals surface area contributed by atoms with Gasteiger partial charge in [0.25, 0.3) is 11.5 Å². The lowest BCUT2D eigenvalue weighted by Gasteiger charge is -2.43. The number of pyridine rings is 1. The van der Waals surface area contributed by atoms with Crippen LogP contribution < -0.4 is 5.56 Å². The van der Waals surface area contributed by atoms with Gasteiger partial charge in [-0.15, -0.1) is 0 Å². The van der Waals surface area contributed by atoms with Gasteiger partial charge in [-0.1, -0.05) is 23.2 Å². The third-order valence-corrected chi connectivity index (χ3v) is 8.74.